The highest BCUT2D eigenvalue weighted by molar-refractivity contribution is 6.30. The number of aryl methyl sites for hydroxylation is 1. The predicted octanol–water partition coefficient (Wildman–Crippen LogP) is 2.89. The van der Waals surface area contributed by atoms with E-state index in [0.717, 1.165) is 24.0 Å². The number of nitrogens with two attached hydrogens (primary N) is 1. The standard InChI is InChI=1S/C15H15ClN2O/c16-11-8-13(14(17)18-9-11)15(19)7-3-5-10-4-1-2-6-12(10)15/h1-2,4,6,8-9,19H,3,5,7H2,(H2,17,18). The number of aliphatic hydroxyl groups is 1. The van der Waals surface area contributed by atoms with Gasteiger partial charge in [0, 0.05) is 11.8 Å². The molecule has 3 rings (SSSR count). The van der Waals surface area contributed by atoms with E-state index in [4.69, 9.17) is 17.3 Å². The van der Waals surface area contributed by atoms with E-state index >= 15 is 0 Å². The summed E-state index contributed by atoms with van der Waals surface area (Å²) in [5.74, 6) is 0.337. The lowest BCUT2D eigenvalue weighted by Gasteiger charge is -2.35. The Bertz CT molecular complexity index is 629. The van der Waals surface area contributed by atoms with E-state index in [9.17, 15) is 5.11 Å². The lowest BCUT2D eigenvalue weighted by atomic mass is 9.75. The smallest absolute Gasteiger partial charge is 0.129 e. The molecule has 1 aromatic heterocycles. The van der Waals surface area contributed by atoms with Crippen LogP contribution in [-0.4, -0.2) is 10.1 Å². The molecule has 3 N–H and O–H groups in total. The Balaban J connectivity index is 2.21. The number of halogens is 1. The second-order valence-corrected chi connectivity index (χ2v) is 5.39. The van der Waals surface area contributed by atoms with Gasteiger partial charge in [0.2, 0.25) is 0 Å². The van der Waals surface area contributed by atoms with Crippen LogP contribution >= 0.6 is 11.6 Å². The molecule has 2 aromatic rings. The largest absolute Gasteiger partial charge is 0.383 e. The van der Waals surface area contributed by atoms with Gasteiger partial charge < -0.3 is 10.8 Å². The summed E-state index contributed by atoms with van der Waals surface area (Å²) >= 11 is 6.00. The average Bonchev–Trinajstić information content (AvgIpc) is 2.42. The lowest BCUT2D eigenvalue weighted by Crippen LogP contribution is -2.33. The van der Waals surface area contributed by atoms with Gasteiger partial charge in [0.25, 0.3) is 0 Å². The maximum absolute atomic E-state index is 11.1. The maximum Gasteiger partial charge on any atom is 0.129 e. The van der Waals surface area contributed by atoms with Gasteiger partial charge in [0.15, 0.2) is 0 Å². The minimum atomic E-state index is -1.09. The normalized spacial score (nSPS) is 22.0. The highest BCUT2D eigenvalue weighted by Crippen LogP contribution is 2.42. The molecular formula is C15H15ClN2O. The van der Waals surface area contributed by atoms with Crippen LogP contribution in [0.3, 0.4) is 0 Å². The molecule has 1 heterocycles. The number of hydrogen-bond acceptors (Lipinski definition) is 3. The van der Waals surface area contributed by atoms with Crippen LogP contribution in [0.1, 0.15) is 29.5 Å². The summed E-state index contributed by atoms with van der Waals surface area (Å²) < 4.78 is 0. The van der Waals surface area contributed by atoms with Gasteiger partial charge in [-0.1, -0.05) is 35.9 Å². The molecule has 98 valence electrons. The van der Waals surface area contributed by atoms with Gasteiger partial charge in [-0.25, -0.2) is 4.98 Å². The van der Waals surface area contributed by atoms with Gasteiger partial charge in [-0.05, 0) is 36.5 Å². The van der Waals surface area contributed by atoms with Gasteiger partial charge in [-0.3, -0.25) is 0 Å². The van der Waals surface area contributed by atoms with Gasteiger partial charge in [-0.2, -0.15) is 0 Å². The molecule has 0 aliphatic heterocycles. The number of anilines is 1. The molecule has 19 heavy (non-hydrogen) atoms. The summed E-state index contributed by atoms with van der Waals surface area (Å²) in [7, 11) is 0. The highest BCUT2D eigenvalue weighted by Gasteiger charge is 2.37. The summed E-state index contributed by atoms with van der Waals surface area (Å²) in [6.07, 6.45) is 4.03. The van der Waals surface area contributed by atoms with Crippen molar-refractivity contribution in [1.82, 2.24) is 4.98 Å². The molecule has 1 aliphatic rings. The van der Waals surface area contributed by atoms with E-state index in [2.05, 4.69) is 4.98 Å². The molecule has 0 saturated carbocycles. The summed E-state index contributed by atoms with van der Waals surface area (Å²) in [6.45, 7) is 0. The van der Waals surface area contributed by atoms with Crippen LogP contribution in [0.5, 0.6) is 0 Å². The minimum Gasteiger partial charge on any atom is -0.383 e. The number of nitrogen functional groups attached to an aromatic ring is 1. The van der Waals surface area contributed by atoms with Gasteiger partial charge >= 0.3 is 0 Å². The van der Waals surface area contributed by atoms with Gasteiger partial charge in [0.05, 0.1) is 5.02 Å². The monoisotopic (exact) mass is 274 g/mol. The van der Waals surface area contributed by atoms with Crippen LogP contribution < -0.4 is 5.73 Å². The molecule has 0 fully saturated rings. The summed E-state index contributed by atoms with van der Waals surface area (Å²) in [5, 5.41) is 11.6. The number of fused-ring (bicyclic) bond motifs is 1. The van der Waals surface area contributed by atoms with Crippen molar-refractivity contribution in [1.29, 1.82) is 0 Å². The van der Waals surface area contributed by atoms with Gasteiger partial charge in [0.1, 0.15) is 11.4 Å². The van der Waals surface area contributed by atoms with Crippen LogP contribution in [0, 0.1) is 0 Å². The van der Waals surface area contributed by atoms with E-state index < -0.39 is 5.60 Å². The van der Waals surface area contributed by atoms with Crippen LogP contribution in [0.2, 0.25) is 5.02 Å². The minimum absolute atomic E-state index is 0.337. The van der Waals surface area contributed by atoms with E-state index in [1.54, 1.807) is 6.07 Å². The summed E-state index contributed by atoms with van der Waals surface area (Å²) in [5.41, 5.74) is 7.53. The Labute approximate surface area is 117 Å². The second kappa shape index (κ2) is 4.51. The van der Waals surface area contributed by atoms with E-state index in [0.29, 0.717) is 22.8 Å². The zero-order valence-corrected chi connectivity index (χ0v) is 11.2. The number of pyridine rings is 1. The SMILES string of the molecule is Nc1ncc(Cl)cc1C1(O)CCCc2ccccc21. The summed E-state index contributed by atoms with van der Waals surface area (Å²) in [6, 6.07) is 9.64. The molecule has 0 bridgehead atoms. The first-order valence-electron chi connectivity index (χ1n) is 6.33. The fourth-order valence-corrected chi connectivity index (χ4v) is 3.03. The third-order valence-electron chi connectivity index (χ3n) is 3.78. The number of rotatable bonds is 1. The fourth-order valence-electron chi connectivity index (χ4n) is 2.87. The van der Waals surface area contributed by atoms with Crippen molar-refractivity contribution in [3.63, 3.8) is 0 Å². The quantitative estimate of drug-likeness (QED) is 0.841. The first-order valence-corrected chi connectivity index (χ1v) is 6.71. The first-order chi connectivity index (χ1) is 9.11. The van der Waals surface area contributed by atoms with Crippen LogP contribution in [-0.2, 0) is 12.0 Å². The molecule has 0 radical (unpaired) electrons. The molecule has 1 atom stereocenters. The molecule has 1 aliphatic carbocycles. The van der Waals surface area contributed by atoms with Crippen molar-refractivity contribution in [2.24, 2.45) is 0 Å². The summed E-state index contributed by atoms with van der Waals surface area (Å²) in [4.78, 5) is 4.06. The molecule has 1 unspecified atom stereocenters. The van der Waals surface area contributed by atoms with Crippen LogP contribution in [0.4, 0.5) is 5.82 Å². The van der Waals surface area contributed by atoms with Crippen LogP contribution in [0.15, 0.2) is 36.5 Å². The Morgan fingerprint density at radius 1 is 1.26 bits per heavy atom. The maximum atomic E-state index is 11.1. The Hall–Kier alpha value is -1.58. The molecular weight excluding hydrogens is 260 g/mol. The molecule has 3 nitrogen and oxygen atoms in total. The van der Waals surface area contributed by atoms with E-state index in [-0.39, 0.29) is 0 Å². The van der Waals surface area contributed by atoms with E-state index in [1.165, 1.54) is 6.20 Å². The highest BCUT2D eigenvalue weighted by atomic mass is 35.5. The zero-order chi connectivity index (χ0) is 13.5. The Morgan fingerprint density at radius 2 is 2.05 bits per heavy atom. The van der Waals surface area contributed by atoms with Crippen molar-refractivity contribution < 1.29 is 5.11 Å². The number of nitrogens with zero attached hydrogens (tertiary/aromatic N) is 1. The topological polar surface area (TPSA) is 59.1 Å². The number of hydrogen-bond donors (Lipinski definition) is 2. The van der Waals surface area contributed by atoms with Crippen molar-refractivity contribution in [3.05, 3.63) is 58.2 Å². The second-order valence-electron chi connectivity index (χ2n) is 4.96. The Kier molecular flexibility index (Phi) is 2.96. The average molecular weight is 275 g/mol. The zero-order valence-electron chi connectivity index (χ0n) is 10.4. The molecule has 1 aromatic carbocycles. The Morgan fingerprint density at radius 3 is 2.89 bits per heavy atom. The van der Waals surface area contributed by atoms with Crippen molar-refractivity contribution in [3.8, 4) is 0 Å². The van der Waals surface area contributed by atoms with Gasteiger partial charge in [-0.15, -0.1) is 0 Å². The fraction of sp³-hybridized carbons (Fsp3) is 0.267. The van der Waals surface area contributed by atoms with E-state index in [1.807, 2.05) is 24.3 Å². The van der Waals surface area contributed by atoms with Crippen molar-refractivity contribution in [2.45, 2.75) is 24.9 Å². The predicted molar refractivity (Wildman–Crippen MR) is 76.0 cm³/mol. The van der Waals surface area contributed by atoms with Crippen molar-refractivity contribution in [2.75, 3.05) is 5.73 Å². The number of aromatic nitrogens is 1. The third-order valence-corrected chi connectivity index (χ3v) is 3.99. The number of benzene rings is 1. The molecule has 0 amide bonds. The van der Waals surface area contributed by atoms with Crippen molar-refractivity contribution >= 4 is 17.4 Å². The van der Waals surface area contributed by atoms with Crippen LogP contribution in [0.25, 0.3) is 0 Å². The third kappa shape index (κ3) is 1.99. The molecule has 0 saturated heterocycles. The molecule has 4 heteroatoms. The lowest BCUT2D eigenvalue weighted by molar-refractivity contribution is 0.0621. The first kappa shape index (κ1) is 12.5. The molecule has 0 spiro atoms.